The molecule has 3 nitrogen and oxygen atoms in total. The maximum absolute atomic E-state index is 5.71. The Kier molecular flexibility index (Phi) is 3.48. The van der Waals surface area contributed by atoms with Gasteiger partial charge in [-0.25, -0.2) is 4.98 Å². The molecule has 0 fully saturated rings. The Bertz CT molecular complexity index is 513. The quantitative estimate of drug-likeness (QED) is 0.879. The van der Waals surface area contributed by atoms with Crippen molar-refractivity contribution in [1.29, 1.82) is 0 Å². The second-order valence-electron chi connectivity index (χ2n) is 4.72. The molecule has 2 N–H and O–H groups in total. The Balaban J connectivity index is 2.47. The van der Waals surface area contributed by atoms with Crippen LogP contribution in [0.15, 0.2) is 18.2 Å². The molecule has 0 amide bonds. The first kappa shape index (κ1) is 12.1. The van der Waals surface area contributed by atoms with Gasteiger partial charge in [-0.15, -0.1) is 0 Å². The van der Waals surface area contributed by atoms with Crippen molar-refractivity contribution in [2.75, 3.05) is 6.54 Å². The second kappa shape index (κ2) is 4.88. The van der Waals surface area contributed by atoms with Gasteiger partial charge in [-0.1, -0.05) is 19.9 Å². The highest BCUT2D eigenvalue weighted by Crippen LogP contribution is 2.21. The van der Waals surface area contributed by atoms with Crippen LogP contribution in [-0.4, -0.2) is 16.1 Å². The lowest BCUT2D eigenvalue weighted by molar-refractivity contribution is 0.772. The summed E-state index contributed by atoms with van der Waals surface area (Å²) in [6, 6.07) is 6.49. The predicted molar refractivity (Wildman–Crippen MR) is 72.2 cm³/mol. The van der Waals surface area contributed by atoms with Gasteiger partial charge in [-0.05, 0) is 36.6 Å². The molecular formula is C14H21N3. The van der Waals surface area contributed by atoms with Gasteiger partial charge in [0.2, 0.25) is 0 Å². The van der Waals surface area contributed by atoms with E-state index in [0.717, 1.165) is 18.4 Å². The van der Waals surface area contributed by atoms with Crippen LogP contribution in [0.1, 0.15) is 37.6 Å². The number of aryl methyl sites for hydroxylation is 2. The molecular weight excluding hydrogens is 210 g/mol. The number of hydrogen-bond donors (Lipinski definition) is 1. The fourth-order valence-electron chi connectivity index (χ4n) is 2.16. The minimum Gasteiger partial charge on any atom is -0.331 e. The number of imidazole rings is 1. The molecule has 2 rings (SSSR count). The molecule has 0 aliphatic carbocycles. The van der Waals surface area contributed by atoms with Crippen molar-refractivity contribution in [3.8, 4) is 0 Å². The molecule has 0 saturated carbocycles. The Morgan fingerprint density at radius 1 is 1.41 bits per heavy atom. The third kappa shape index (κ3) is 2.20. The van der Waals surface area contributed by atoms with Crippen molar-refractivity contribution in [3.05, 3.63) is 29.6 Å². The van der Waals surface area contributed by atoms with E-state index in [0.29, 0.717) is 12.5 Å². The molecule has 1 aromatic heterocycles. The van der Waals surface area contributed by atoms with Gasteiger partial charge in [-0.2, -0.15) is 0 Å². The molecule has 17 heavy (non-hydrogen) atoms. The first-order valence-electron chi connectivity index (χ1n) is 6.32. The van der Waals surface area contributed by atoms with Crippen LogP contribution in [-0.2, 0) is 13.5 Å². The molecule has 0 spiro atoms. The molecule has 0 saturated heterocycles. The van der Waals surface area contributed by atoms with Crippen LogP contribution >= 0.6 is 0 Å². The van der Waals surface area contributed by atoms with Crippen molar-refractivity contribution >= 4 is 11.0 Å². The van der Waals surface area contributed by atoms with Crippen LogP contribution in [0, 0.1) is 0 Å². The lowest BCUT2D eigenvalue weighted by Crippen LogP contribution is -2.08. The lowest BCUT2D eigenvalue weighted by atomic mass is 10.0. The van der Waals surface area contributed by atoms with Gasteiger partial charge in [-0.3, -0.25) is 0 Å². The molecule has 1 atom stereocenters. The third-order valence-corrected chi connectivity index (χ3v) is 3.39. The van der Waals surface area contributed by atoms with E-state index in [1.54, 1.807) is 0 Å². The Morgan fingerprint density at radius 3 is 2.82 bits per heavy atom. The topological polar surface area (TPSA) is 43.8 Å². The highest BCUT2D eigenvalue weighted by molar-refractivity contribution is 5.77. The van der Waals surface area contributed by atoms with Gasteiger partial charge in [0.15, 0.2) is 0 Å². The fourth-order valence-corrected chi connectivity index (χ4v) is 2.16. The largest absolute Gasteiger partial charge is 0.331 e. The molecule has 2 aromatic rings. The standard InChI is InChI=1S/C14H21N3/c1-4-5-14-16-12-8-11(10(2)9-15)6-7-13(12)17(14)3/h6-8,10H,4-5,9,15H2,1-3H3. The van der Waals surface area contributed by atoms with E-state index in [-0.39, 0.29) is 0 Å². The summed E-state index contributed by atoms with van der Waals surface area (Å²) in [5.41, 5.74) is 9.29. The first-order valence-corrected chi connectivity index (χ1v) is 6.32. The van der Waals surface area contributed by atoms with E-state index < -0.39 is 0 Å². The molecule has 1 aromatic carbocycles. The molecule has 1 heterocycles. The molecule has 0 aliphatic rings. The minimum absolute atomic E-state index is 0.399. The Morgan fingerprint density at radius 2 is 2.18 bits per heavy atom. The summed E-state index contributed by atoms with van der Waals surface area (Å²) in [5.74, 6) is 1.57. The van der Waals surface area contributed by atoms with Crippen LogP contribution in [0.2, 0.25) is 0 Å². The summed E-state index contributed by atoms with van der Waals surface area (Å²) in [6.45, 7) is 5.01. The maximum atomic E-state index is 5.71. The smallest absolute Gasteiger partial charge is 0.109 e. The molecule has 0 radical (unpaired) electrons. The summed E-state index contributed by atoms with van der Waals surface area (Å²) < 4.78 is 2.19. The van der Waals surface area contributed by atoms with Crippen LogP contribution in [0.3, 0.4) is 0 Å². The number of nitrogens with two attached hydrogens (primary N) is 1. The number of aromatic nitrogens is 2. The van der Waals surface area contributed by atoms with Crippen molar-refractivity contribution in [3.63, 3.8) is 0 Å². The van der Waals surface area contributed by atoms with Gasteiger partial charge < -0.3 is 10.3 Å². The van der Waals surface area contributed by atoms with E-state index in [9.17, 15) is 0 Å². The average Bonchev–Trinajstić information content (AvgIpc) is 2.65. The average molecular weight is 231 g/mol. The number of benzene rings is 1. The van der Waals surface area contributed by atoms with Gasteiger partial charge in [0, 0.05) is 13.5 Å². The third-order valence-electron chi connectivity index (χ3n) is 3.39. The molecule has 0 aliphatic heterocycles. The van der Waals surface area contributed by atoms with E-state index >= 15 is 0 Å². The summed E-state index contributed by atoms with van der Waals surface area (Å²) in [7, 11) is 2.09. The maximum Gasteiger partial charge on any atom is 0.109 e. The monoisotopic (exact) mass is 231 g/mol. The molecule has 92 valence electrons. The predicted octanol–water partition coefficient (Wildman–Crippen LogP) is 2.59. The Labute approximate surface area is 103 Å². The fraction of sp³-hybridized carbons (Fsp3) is 0.500. The number of nitrogens with zero attached hydrogens (tertiary/aromatic N) is 2. The van der Waals surface area contributed by atoms with E-state index in [1.807, 2.05) is 0 Å². The normalized spacial score (nSPS) is 13.2. The molecule has 1 unspecified atom stereocenters. The van der Waals surface area contributed by atoms with E-state index in [4.69, 9.17) is 10.7 Å². The summed E-state index contributed by atoms with van der Waals surface area (Å²) in [4.78, 5) is 4.70. The van der Waals surface area contributed by atoms with Crippen molar-refractivity contribution in [1.82, 2.24) is 9.55 Å². The summed E-state index contributed by atoms with van der Waals surface area (Å²) in [5, 5.41) is 0. The van der Waals surface area contributed by atoms with Crippen molar-refractivity contribution in [2.24, 2.45) is 12.8 Å². The van der Waals surface area contributed by atoms with Gasteiger partial charge in [0.05, 0.1) is 11.0 Å². The van der Waals surface area contributed by atoms with Crippen molar-refractivity contribution < 1.29 is 0 Å². The second-order valence-corrected chi connectivity index (χ2v) is 4.72. The number of fused-ring (bicyclic) bond motifs is 1. The van der Waals surface area contributed by atoms with Crippen LogP contribution in [0.5, 0.6) is 0 Å². The number of hydrogen-bond acceptors (Lipinski definition) is 2. The first-order chi connectivity index (χ1) is 8.17. The van der Waals surface area contributed by atoms with E-state index in [2.05, 4.69) is 43.7 Å². The van der Waals surface area contributed by atoms with Gasteiger partial charge >= 0.3 is 0 Å². The van der Waals surface area contributed by atoms with Crippen LogP contribution in [0.4, 0.5) is 0 Å². The zero-order valence-corrected chi connectivity index (χ0v) is 10.9. The summed E-state index contributed by atoms with van der Waals surface area (Å²) in [6.07, 6.45) is 2.16. The highest BCUT2D eigenvalue weighted by atomic mass is 15.1. The highest BCUT2D eigenvalue weighted by Gasteiger charge is 2.09. The zero-order chi connectivity index (χ0) is 12.4. The minimum atomic E-state index is 0.399. The van der Waals surface area contributed by atoms with Crippen LogP contribution in [0.25, 0.3) is 11.0 Å². The SMILES string of the molecule is CCCc1nc2cc(C(C)CN)ccc2n1C. The number of rotatable bonds is 4. The van der Waals surface area contributed by atoms with Crippen LogP contribution < -0.4 is 5.73 Å². The van der Waals surface area contributed by atoms with Gasteiger partial charge in [0.25, 0.3) is 0 Å². The molecule has 3 heteroatoms. The zero-order valence-electron chi connectivity index (χ0n) is 10.9. The van der Waals surface area contributed by atoms with Crippen molar-refractivity contribution in [2.45, 2.75) is 32.6 Å². The molecule has 0 bridgehead atoms. The Hall–Kier alpha value is -1.35. The lowest BCUT2D eigenvalue weighted by Gasteiger charge is -2.08. The van der Waals surface area contributed by atoms with E-state index in [1.165, 1.54) is 16.9 Å². The summed E-state index contributed by atoms with van der Waals surface area (Å²) >= 11 is 0. The van der Waals surface area contributed by atoms with Gasteiger partial charge in [0.1, 0.15) is 5.82 Å².